The first-order chi connectivity index (χ1) is 13.5. The highest BCUT2D eigenvalue weighted by molar-refractivity contribution is 7.70. The van der Waals surface area contributed by atoms with Gasteiger partial charge in [0.2, 0.25) is 5.28 Å². The number of aryl methyl sites for hydroxylation is 1. The lowest BCUT2D eigenvalue weighted by Crippen LogP contribution is -2.42. The molecule has 1 aliphatic rings. The predicted molar refractivity (Wildman–Crippen MR) is 125 cm³/mol. The number of anilines is 2. The van der Waals surface area contributed by atoms with Crippen LogP contribution < -0.4 is 10.6 Å². The maximum atomic E-state index is 13.3. The average molecular weight is 453 g/mol. The van der Waals surface area contributed by atoms with Crippen molar-refractivity contribution < 1.29 is 4.57 Å². The molecule has 2 aromatic rings. The quantitative estimate of drug-likeness (QED) is 0.327. The molecule has 2 unspecified atom stereocenters. The van der Waals surface area contributed by atoms with Gasteiger partial charge in [-0.15, -0.1) is 0 Å². The SMILES string of the molecule is Cc1ccc(Nc2nc(Cl)ncc2Cl)c(P(C)(C)=O)c1/N=C\C1C(C)C(C)C1C. The van der Waals surface area contributed by atoms with Crippen LogP contribution in [0.5, 0.6) is 0 Å². The van der Waals surface area contributed by atoms with Crippen LogP contribution in [0.2, 0.25) is 10.3 Å². The minimum absolute atomic E-state index is 0.0852. The molecule has 0 amide bonds. The lowest BCUT2D eigenvalue weighted by atomic mass is 9.59. The van der Waals surface area contributed by atoms with E-state index >= 15 is 0 Å². The number of rotatable bonds is 5. The summed E-state index contributed by atoms with van der Waals surface area (Å²) in [4.78, 5) is 12.9. The third-order valence-electron chi connectivity index (χ3n) is 6.11. The van der Waals surface area contributed by atoms with Crippen molar-refractivity contribution in [1.29, 1.82) is 0 Å². The number of aliphatic imine (C=N–C) groups is 1. The molecule has 1 N–H and O–H groups in total. The number of nitrogens with one attached hydrogen (secondary N) is 1. The minimum Gasteiger partial charge on any atom is -0.338 e. The number of benzene rings is 1. The van der Waals surface area contributed by atoms with Gasteiger partial charge in [0.1, 0.15) is 12.2 Å². The zero-order valence-electron chi connectivity index (χ0n) is 17.6. The summed E-state index contributed by atoms with van der Waals surface area (Å²) >= 11 is 12.1. The van der Waals surface area contributed by atoms with Crippen LogP contribution in [0, 0.1) is 30.6 Å². The highest BCUT2D eigenvalue weighted by Gasteiger charge is 2.40. The van der Waals surface area contributed by atoms with E-state index in [1.54, 1.807) is 13.3 Å². The molecule has 156 valence electrons. The molecule has 0 saturated heterocycles. The van der Waals surface area contributed by atoms with Crippen molar-refractivity contribution >= 4 is 59.1 Å². The van der Waals surface area contributed by atoms with Crippen LogP contribution >= 0.6 is 30.3 Å². The van der Waals surface area contributed by atoms with Crippen molar-refractivity contribution in [2.24, 2.45) is 28.7 Å². The molecule has 0 radical (unpaired) electrons. The molecule has 0 aliphatic heterocycles. The van der Waals surface area contributed by atoms with Gasteiger partial charge in [0, 0.05) is 6.21 Å². The van der Waals surface area contributed by atoms with Crippen molar-refractivity contribution in [2.45, 2.75) is 27.7 Å². The van der Waals surface area contributed by atoms with Crippen molar-refractivity contribution in [3.63, 3.8) is 0 Å². The van der Waals surface area contributed by atoms with Crippen molar-refractivity contribution in [1.82, 2.24) is 9.97 Å². The first-order valence-corrected chi connectivity index (χ1v) is 13.0. The Kier molecular flexibility index (Phi) is 6.43. The number of aromatic nitrogens is 2. The topological polar surface area (TPSA) is 67.2 Å². The summed E-state index contributed by atoms with van der Waals surface area (Å²) in [5, 5.41) is 4.29. The Bertz CT molecular complexity index is 994. The molecule has 1 fully saturated rings. The van der Waals surface area contributed by atoms with Crippen LogP contribution in [0.3, 0.4) is 0 Å². The molecule has 1 aromatic carbocycles. The summed E-state index contributed by atoms with van der Waals surface area (Å²) in [5.74, 6) is 2.67. The van der Waals surface area contributed by atoms with Gasteiger partial charge in [0.05, 0.1) is 22.9 Å². The summed E-state index contributed by atoms with van der Waals surface area (Å²) in [6.07, 6.45) is 3.47. The smallest absolute Gasteiger partial charge is 0.224 e. The molecule has 5 nitrogen and oxygen atoms in total. The summed E-state index contributed by atoms with van der Waals surface area (Å²) < 4.78 is 13.3. The van der Waals surface area contributed by atoms with Crippen molar-refractivity contribution in [3.8, 4) is 0 Å². The van der Waals surface area contributed by atoms with E-state index < -0.39 is 7.14 Å². The molecule has 1 heterocycles. The normalized spacial score (nSPS) is 24.6. The summed E-state index contributed by atoms with van der Waals surface area (Å²) in [7, 11) is -2.67. The standard InChI is InChI=1S/C21H27Cl2N4OP/c1-11-7-8-17(26-20-16(22)10-25-21(23)27-20)19(29(5,6)28)18(11)24-9-15-13(3)12(2)14(15)4/h7-10,12-15H,1-6H3,(H,25,26,27)/b24-9-. The van der Waals surface area contributed by atoms with E-state index in [1.165, 1.54) is 6.20 Å². The maximum absolute atomic E-state index is 13.3. The molecule has 29 heavy (non-hydrogen) atoms. The monoisotopic (exact) mass is 452 g/mol. The fourth-order valence-electron chi connectivity index (χ4n) is 4.00. The number of hydrogen-bond acceptors (Lipinski definition) is 5. The van der Waals surface area contributed by atoms with Crippen LogP contribution in [-0.2, 0) is 4.57 Å². The molecule has 8 heteroatoms. The minimum atomic E-state index is -2.67. The Labute approximate surface area is 182 Å². The fraction of sp³-hybridized carbons (Fsp3) is 0.476. The van der Waals surface area contributed by atoms with Gasteiger partial charge in [-0.05, 0) is 67.2 Å². The van der Waals surface area contributed by atoms with Gasteiger partial charge in [-0.25, -0.2) is 4.98 Å². The zero-order valence-corrected chi connectivity index (χ0v) is 20.0. The molecule has 1 aliphatic carbocycles. The number of halogens is 2. The third-order valence-corrected chi connectivity index (χ3v) is 8.10. The van der Waals surface area contributed by atoms with Gasteiger partial charge in [0.25, 0.3) is 0 Å². The van der Waals surface area contributed by atoms with Crippen LogP contribution in [0.25, 0.3) is 0 Å². The second-order valence-corrected chi connectivity index (χ2v) is 12.3. The Morgan fingerprint density at radius 2 is 1.79 bits per heavy atom. The molecule has 1 saturated carbocycles. The van der Waals surface area contributed by atoms with E-state index in [4.69, 9.17) is 28.2 Å². The lowest BCUT2D eigenvalue weighted by molar-refractivity contribution is 0.0701. The molecular weight excluding hydrogens is 426 g/mol. The summed E-state index contributed by atoms with van der Waals surface area (Å²) in [6.45, 7) is 12.3. The zero-order chi connectivity index (χ0) is 21.5. The third kappa shape index (κ3) is 4.52. The summed E-state index contributed by atoms with van der Waals surface area (Å²) in [6, 6.07) is 3.84. The second-order valence-electron chi connectivity index (χ2n) is 8.37. The second kappa shape index (κ2) is 8.37. The average Bonchev–Trinajstić information content (AvgIpc) is 2.65. The van der Waals surface area contributed by atoms with E-state index in [1.807, 2.05) is 25.3 Å². The molecule has 3 rings (SSSR count). The molecule has 2 atom stereocenters. The maximum Gasteiger partial charge on any atom is 0.224 e. The van der Waals surface area contributed by atoms with Crippen LogP contribution in [0.4, 0.5) is 17.2 Å². The molecule has 1 aromatic heterocycles. The Balaban J connectivity index is 2.06. The highest BCUT2D eigenvalue weighted by Crippen LogP contribution is 2.46. The number of hydrogen-bond donors (Lipinski definition) is 1. The predicted octanol–water partition coefficient (Wildman–Crippen LogP) is 6.32. The van der Waals surface area contributed by atoms with Gasteiger partial charge in [0.15, 0.2) is 5.82 Å². The Morgan fingerprint density at radius 3 is 2.41 bits per heavy atom. The van der Waals surface area contributed by atoms with Gasteiger partial charge in [-0.1, -0.05) is 38.4 Å². The highest BCUT2D eigenvalue weighted by atomic mass is 35.5. The molecule has 0 spiro atoms. The van der Waals surface area contributed by atoms with Crippen molar-refractivity contribution in [3.05, 3.63) is 34.2 Å². The molecule has 0 bridgehead atoms. The molecular formula is C21H27Cl2N4OP. The van der Waals surface area contributed by atoms with Crippen LogP contribution in [0.1, 0.15) is 26.3 Å². The van der Waals surface area contributed by atoms with E-state index in [2.05, 4.69) is 36.1 Å². The fourth-order valence-corrected chi connectivity index (χ4v) is 5.72. The Morgan fingerprint density at radius 1 is 1.14 bits per heavy atom. The lowest BCUT2D eigenvalue weighted by Gasteiger charge is -2.45. The Hall–Kier alpha value is -1.42. The van der Waals surface area contributed by atoms with Crippen LogP contribution in [-0.4, -0.2) is 29.5 Å². The van der Waals surface area contributed by atoms with Gasteiger partial charge >= 0.3 is 0 Å². The van der Waals surface area contributed by atoms with E-state index in [9.17, 15) is 4.57 Å². The first kappa shape index (κ1) is 22.3. The van der Waals surface area contributed by atoms with Crippen molar-refractivity contribution in [2.75, 3.05) is 18.6 Å². The van der Waals surface area contributed by atoms with Gasteiger partial charge < -0.3 is 9.88 Å². The van der Waals surface area contributed by atoms with Gasteiger partial charge in [-0.3, -0.25) is 4.99 Å². The van der Waals surface area contributed by atoms with E-state index in [0.717, 1.165) is 11.3 Å². The number of nitrogens with zero attached hydrogens (tertiary/aromatic N) is 3. The van der Waals surface area contributed by atoms with Gasteiger partial charge in [-0.2, -0.15) is 4.98 Å². The first-order valence-electron chi connectivity index (χ1n) is 9.69. The van der Waals surface area contributed by atoms with E-state index in [-0.39, 0.29) is 5.28 Å². The van der Waals surface area contributed by atoms with Crippen LogP contribution in [0.15, 0.2) is 23.3 Å². The van der Waals surface area contributed by atoms with E-state index in [0.29, 0.717) is 45.5 Å². The summed E-state index contributed by atoms with van der Waals surface area (Å²) in [5.41, 5.74) is 2.39. The largest absolute Gasteiger partial charge is 0.338 e.